The fraction of sp³-hybridized carbons (Fsp3) is 0.208. The number of nitro groups is 1. The molecule has 0 fully saturated rings. The quantitative estimate of drug-likeness (QED) is 0.446. The summed E-state index contributed by atoms with van der Waals surface area (Å²) in [6, 6.07) is 20.2. The first-order valence-electron chi connectivity index (χ1n) is 10.4. The Morgan fingerprint density at radius 1 is 0.906 bits per heavy atom. The van der Waals surface area contributed by atoms with Crippen LogP contribution in [-0.2, 0) is 0 Å². The number of fused-ring (bicyclic) bond motifs is 4. The van der Waals surface area contributed by atoms with Gasteiger partial charge >= 0.3 is 0 Å². The van der Waals surface area contributed by atoms with Crippen LogP contribution in [0.4, 0.5) is 5.69 Å². The zero-order valence-corrected chi connectivity index (χ0v) is 17.0. The normalized spacial score (nSPS) is 20.6. The molecular weight excluding hydrogens is 410 g/mol. The predicted molar refractivity (Wildman–Crippen MR) is 116 cm³/mol. The average molecular weight is 429 g/mol. The lowest BCUT2D eigenvalue weighted by molar-refractivity contribution is -0.386. The van der Waals surface area contributed by atoms with Crippen LogP contribution in [0.2, 0.25) is 0 Å². The van der Waals surface area contributed by atoms with E-state index in [1.165, 1.54) is 6.07 Å². The maximum absolute atomic E-state index is 11.7. The second kappa shape index (κ2) is 7.26. The van der Waals surface area contributed by atoms with Crippen LogP contribution in [0, 0.1) is 10.1 Å². The first-order chi connectivity index (χ1) is 15.7. The molecule has 0 radical (unpaired) electrons. The van der Waals surface area contributed by atoms with Crippen LogP contribution in [0.25, 0.3) is 0 Å². The highest BCUT2D eigenvalue weighted by molar-refractivity contribution is 6.02. The Hall–Kier alpha value is -4.07. The standard InChI is InChI=1S/C24H19N3O5/c28-27(29)19-7-3-1-6-17(19)24-26-20(16-5-2-4-8-21(16)32-24)14-18(25-26)15-9-10-22-23(13-15)31-12-11-30-22/h1-10,13,20,24H,11-12,14H2/t20-,24+/m1/s1. The minimum Gasteiger partial charge on any atom is -0.486 e. The number of nitro benzene ring substituents is 1. The Morgan fingerprint density at radius 3 is 2.50 bits per heavy atom. The van der Waals surface area contributed by atoms with Crippen LogP contribution in [-0.4, -0.2) is 28.9 Å². The summed E-state index contributed by atoms with van der Waals surface area (Å²) in [5.74, 6) is 2.14. The summed E-state index contributed by atoms with van der Waals surface area (Å²) in [7, 11) is 0. The van der Waals surface area contributed by atoms with Gasteiger partial charge in [-0.3, -0.25) is 10.1 Å². The van der Waals surface area contributed by atoms with Gasteiger partial charge in [-0.1, -0.05) is 30.3 Å². The molecule has 8 heteroatoms. The Bertz CT molecular complexity index is 1260. The number of para-hydroxylation sites is 2. The zero-order chi connectivity index (χ0) is 21.7. The van der Waals surface area contributed by atoms with E-state index in [1.54, 1.807) is 18.2 Å². The van der Waals surface area contributed by atoms with Crippen molar-refractivity contribution in [2.45, 2.75) is 18.7 Å². The maximum Gasteiger partial charge on any atom is 0.278 e. The van der Waals surface area contributed by atoms with Crippen molar-refractivity contribution in [3.8, 4) is 17.2 Å². The molecule has 0 spiro atoms. The molecule has 0 saturated heterocycles. The van der Waals surface area contributed by atoms with Gasteiger partial charge in [0, 0.05) is 23.6 Å². The summed E-state index contributed by atoms with van der Waals surface area (Å²) in [5, 5.41) is 18.4. The van der Waals surface area contributed by atoms with E-state index < -0.39 is 6.23 Å². The van der Waals surface area contributed by atoms with Gasteiger partial charge in [0.05, 0.1) is 22.2 Å². The smallest absolute Gasteiger partial charge is 0.278 e. The van der Waals surface area contributed by atoms with Crippen molar-refractivity contribution in [3.05, 3.63) is 93.5 Å². The number of benzene rings is 3. The van der Waals surface area contributed by atoms with Crippen LogP contribution >= 0.6 is 0 Å². The Labute approximate surface area is 183 Å². The Morgan fingerprint density at radius 2 is 1.66 bits per heavy atom. The lowest BCUT2D eigenvalue weighted by atomic mass is 9.95. The Balaban J connectivity index is 1.44. The minimum atomic E-state index is -0.703. The fourth-order valence-electron chi connectivity index (χ4n) is 4.50. The number of hydrazone groups is 1. The number of rotatable bonds is 3. The highest BCUT2D eigenvalue weighted by atomic mass is 16.6. The molecule has 3 aromatic rings. The molecule has 6 rings (SSSR count). The largest absolute Gasteiger partial charge is 0.486 e. The zero-order valence-electron chi connectivity index (χ0n) is 17.0. The molecule has 3 aromatic carbocycles. The van der Waals surface area contributed by atoms with Crippen LogP contribution in [0.1, 0.15) is 35.4 Å². The number of hydrogen-bond acceptors (Lipinski definition) is 7. The molecule has 0 N–H and O–H groups in total. The molecule has 8 nitrogen and oxygen atoms in total. The molecule has 2 atom stereocenters. The third-order valence-corrected chi connectivity index (χ3v) is 5.97. The van der Waals surface area contributed by atoms with Crippen LogP contribution in [0.5, 0.6) is 17.2 Å². The molecule has 3 heterocycles. The summed E-state index contributed by atoms with van der Waals surface area (Å²) >= 11 is 0. The van der Waals surface area contributed by atoms with Crippen molar-refractivity contribution in [1.29, 1.82) is 0 Å². The Kier molecular flexibility index (Phi) is 4.24. The van der Waals surface area contributed by atoms with Crippen LogP contribution in [0.15, 0.2) is 71.8 Å². The number of nitrogens with zero attached hydrogens (tertiary/aromatic N) is 3. The van der Waals surface area contributed by atoms with Crippen molar-refractivity contribution >= 4 is 11.4 Å². The first-order valence-corrected chi connectivity index (χ1v) is 10.4. The lowest BCUT2D eigenvalue weighted by Crippen LogP contribution is -2.34. The van der Waals surface area contributed by atoms with Gasteiger partial charge < -0.3 is 14.2 Å². The average Bonchev–Trinajstić information content (AvgIpc) is 3.29. The van der Waals surface area contributed by atoms with Gasteiger partial charge in [0.1, 0.15) is 19.0 Å². The second-order valence-corrected chi connectivity index (χ2v) is 7.83. The van der Waals surface area contributed by atoms with Crippen molar-refractivity contribution in [2.24, 2.45) is 5.10 Å². The second-order valence-electron chi connectivity index (χ2n) is 7.83. The highest BCUT2D eigenvalue weighted by Crippen LogP contribution is 2.49. The molecule has 3 aliphatic heterocycles. The molecule has 0 aromatic heterocycles. The summed E-state index contributed by atoms with van der Waals surface area (Å²) in [5.41, 5.74) is 3.31. The molecule has 0 bridgehead atoms. The number of hydrogen-bond donors (Lipinski definition) is 0. The molecule has 3 aliphatic rings. The summed E-state index contributed by atoms with van der Waals surface area (Å²) in [4.78, 5) is 11.3. The summed E-state index contributed by atoms with van der Waals surface area (Å²) < 4.78 is 17.6. The van der Waals surface area contributed by atoms with Gasteiger partial charge in [0.25, 0.3) is 5.69 Å². The summed E-state index contributed by atoms with van der Waals surface area (Å²) in [6.07, 6.45) is -0.0526. The SMILES string of the molecule is O=[N+]([O-])c1ccccc1[C@@H]1Oc2ccccc2[C@H]2CC(c3ccc4c(c3)OCCO4)=NN21. The maximum atomic E-state index is 11.7. The molecule has 0 unspecified atom stereocenters. The van der Waals surface area contributed by atoms with Crippen LogP contribution < -0.4 is 14.2 Å². The van der Waals surface area contributed by atoms with Crippen molar-refractivity contribution in [2.75, 3.05) is 13.2 Å². The van der Waals surface area contributed by atoms with Crippen molar-refractivity contribution in [1.82, 2.24) is 5.01 Å². The third-order valence-electron chi connectivity index (χ3n) is 5.97. The van der Waals surface area contributed by atoms with E-state index >= 15 is 0 Å². The minimum absolute atomic E-state index is 0.0126. The van der Waals surface area contributed by atoms with E-state index in [2.05, 4.69) is 0 Å². The molecule has 32 heavy (non-hydrogen) atoms. The summed E-state index contributed by atoms with van der Waals surface area (Å²) in [6.45, 7) is 1.05. The monoisotopic (exact) mass is 429 g/mol. The molecule has 0 amide bonds. The highest BCUT2D eigenvalue weighted by Gasteiger charge is 2.43. The van der Waals surface area contributed by atoms with E-state index in [0.29, 0.717) is 30.9 Å². The van der Waals surface area contributed by atoms with E-state index in [4.69, 9.17) is 19.3 Å². The van der Waals surface area contributed by atoms with Gasteiger partial charge in [0.2, 0.25) is 6.23 Å². The van der Waals surface area contributed by atoms with Crippen molar-refractivity contribution in [3.63, 3.8) is 0 Å². The first kappa shape index (κ1) is 18.7. The van der Waals surface area contributed by atoms with E-state index in [0.717, 1.165) is 28.3 Å². The lowest BCUT2D eigenvalue weighted by Gasteiger charge is -2.37. The topological polar surface area (TPSA) is 86.4 Å². The molecular formula is C24H19N3O5. The van der Waals surface area contributed by atoms with E-state index in [1.807, 2.05) is 47.5 Å². The van der Waals surface area contributed by atoms with Gasteiger partial charge in [0.15, 0.2) is 11.5 Å². The van der Waals surface area contributed by atoms with Gasteiger partial charge in [-0.25, -0.2) is 5.01 Å². The molecule has 0 aliphatic carbocycles. The number of ether oxygens (including phenoxy) is 3. The van der Waals surface area contributed by atoms with E-state index in [9.17, 15) is 10.1 Å². The van der Waals surface area contributed by atoms with Crippen LogP contribution in [0.3, 0.4) is 0 Å². The molecule has 160 valence electrons. The third kappa shape index (κ3) is 2.95. The van der Waals surface area contributed by atoms with Gasteiger partial charge in [-0.2, -0.15) is 5.10 Å². The van der Waals surface area contributed by atoms with Crippen molar-refractivity contribution < 1.29 is 19.1 Å². The van der Waals surface area contributed by atoms with Gasteiger partial charge in [-0.05, 0) is 30.3 Å². The van der Waals surface area contributed by atoms with Gasteiger partial charge in [-0.15, -0.1) is 0 Å². The predicted octanol–water partition coefficient (Wildman–Crippen LogP) is 4.61. The van der Waals surface area contributed by atoms with E-state index in [-0.39, 0.29) is 16.7 Å². The molecule has 0 saturated carbocycles. The fourth-order valence-corrected chi connectivity index (χ4v) is 4.50.